The molecule has 1 aliphatic heterocycles. The summed E-state index contributed by atoms with van der Waals surface area (Å²) in [4.78, 5) is 0. The first-order chi connectivity index (χ1) is 9.75. The van der Waals surface area contributed by atoms with Gasteiger partial charge in [0, 0.05) is 23.8 Å². The fraction of sp³-hybridized carbons (Fsp3) is 0.500. The van der Waals surface area contributed by atoms with Gasteiger partial charge in [0.15, 0.2) is 5.82 Å². The van der Waals surface area contributed by atoms with Gasteiger partial charge in [-0.1, -0.05) is 12.1 Å². The van der Waals surface area contributed by atoms with E-state index in [1.165, 1.54) is 0 Å². The molecular weight excluding hydrogens is 254 g/mol. The van der Waals surface area contributed by atoms with Crippen LogP contribution in [0, 0.1) is 12.8 Å². The maximum Gasteiger partial charge on any atom is 0.182 e. The number of anilines is 1. The number of benzene rings is 1. The largest absolute Gasteiger partial charge is 0.398 e. The van der Waals surface area contributed by atoms with Crippen molar-refractivity contribution in [2.75, 3.05) is 18.9 Å². The Morgan fingerprint density at radius 1 is 1.45 bits per heavy atom. The van der Waals surface area contributed by atoms with E-state index in [2.05, 4.69) is 15.5 Å². The lowest BCUT2D eigenvalue weighted by molar-refractivity contribution is 0.0470. The van der Waals surface area contributed by atoms with Gasteiger partial charge >= 0.3 is 0 Å². The Morgan fingerprint density at radius 3 is 3.15 bits per heavy atom. The van der Waals surface area contributed by atoms with E-state index in [0.29, 0.717) is 5.92 Å². The first-order valence-corrected chi connectivity index (χ1v) is 6.95. The lowest BCUT2D eigenvalue weighted by Crippen LogP contribution is -2.23. The number of hydrogen-bond donors (Lipinski definition) is 1. The van der Waals surface area contributed by atoms with Crippen molar-refractivity contribution in [3.05, 3.63) is 23.8 Å². The molecule has 1 unspecified atom stereocenters. The van der Waals surface area contributed by atoms with Gasteiger partial charge in [-0.15, -0.1) is 5.10 Å². The summed E-state index contributed by atoms with van der Waals surface area (Å²) in [6.07, 6.45) is 2.27. The van der Waals surface area contributed by atoms with Gasteiger partial charge < -0.3 is 10.5 Å². The van der Waals surface area contributed by atoms with Crippen LogP contribution < -0.4 is 5.73 Å². The highest BCUT2D eigenvalue weighted by Crippen LogP contribution is 2.26. The van der Waals surface area contributed by atoms with Gasteiger partial charge in [-0.25, -0.2) is 4.68 Å². The van der Waals surface area contributed by atoms with Crippen molar-refractivity contribution in [1.29, 1.82) is 0 Å². The third-order valence-electron chi connectivity index (χ3n) is 3.83. The minimum atomic E-state index is 0.479. The predicted molar refractivity (Wildman–Crippen MR) is 75.9 cm³/mol. The molecule has 6 nitrogen and oxygen atoms in total. The monoisotopic (exact) mass is 273 g/mol. The molecule has 0 saturated carbocycles. The number of rotatable bonds is 3. The molecule has 6 heteroatoms. The number of aromatic nitrogens is 4. The quantitative estimate of drug-likeness (QED) is 0.860. The average Bonchev–Trinajstić information content (AvgIpc) is 2.91. The van der Waals surface area contributed by atoms with Gasteiger partial charge in [-0.05, 0) is 41.8 Å². The van der Waals surface area contributed by atoms with E-state index in [1.807, 2.05) is 29.8 Å². The summed E-state index contributed by atoms with van der Waals surface area (Å²) in [5.41, 5.74) is 8.73. The molecular formula is C14H19N5O. The summed E-state index contributed by atoms with van der Waals surface area (Å²) in [5.74, 6) is 1.26. The number of ether oxygens (including phenoxy) is 1. The van der Waals surface area contributed by atoms with Crippen molar-refractivity contribution in [3.63, 3.8) is 0 Å². The van der Waals surface area contributed by atoms with Crippen LogP contribution in [-0.2, 0) is 11.3 Å². The van der Waals surface area contributed by atoms with Crippen molar-refractivity contribution in [2.24, 2.45) is 5.92 Å². The van der Waals surface area contributed by atoms with E-state index in [4.69, 9.17) is 10.5 Å². The molecule has 1 fully saturated rings. The van der Waals surface area contributed by atoms with E-state index < -0.39 is 0 Å². The zero-order chi connectivity index (χ0) is 13.9. The summed E-state index contributed by atoms with van der Waals surface area (Å²) in [7, 11) is 0. The second-order valence-electron chi connectivity index (χ2n) is 5.29. The SMILES string of the molecule is Cc1c(N)cccc1-c1nnnn1CC1CCCOC1. The molecule has 1 aromatic heterocycles. The van der Waals surface area contributed by atoms with Crippen LogP contribution in [0.2, 0.25) is 0 Å². The number of hydrogen-bond acceptors (Lipinski definition) is 5. The Bertz CT molecular complexity index is 589. The van der Waals surface area contributed by atoms with E-state index >= 15 is 0 Å². The van der Waals surface area contributed by atoms with Gasteiger partial charge in [0.2, 0.25) is 0 Å². The van der Waals surface area contributed by atoms with E-state index in [0.717, 1.165) is 55.2 Å². The highest BCUT2D eigenvalue weighted by molar-refractivity contribution is 5.67. The molecule has 0 spiro atoms. The molecule has 0 amide bonds. The maximum absolute atomic E-state index is 5.96. The first kappa shape index (κ1) is 13.1. The topological polar surface area (TPSA) is 78.9 Å². The Morgan fingerprint density at radius 2 is 2.35 bits per heavy atom. The molecule has 2 aromatic rings. The zero-order valence-electron chi connectivity index (χ0n) is 11.6. The molecule has 106 valence electrons. The van der Waals surface area contributed by atoms with Crippen LogP contribution >= 0.6 is 0 Å². The Hall–Kier alpha value is -1.95. The average molecular weight is 273 g/mol. The summed E-state index contributed by atoms with van der Waals surface area (Å²) in [6.45, 7) is 4.44. The van der Waals surface area contributed by atoms with Crippen LogP contribution in [0.1, 0.15) is 18.4 Å². The van der Waals surface area contributed by atoms with E-state index in [-0.39, 0.29) is 0 Å². The highest BCUT2D eigenvalue weighted by atomic mass is 16.5. The lowest BCUT2D eigenvalue weighted by atomic mass is 10.0. The molecule has 2 N–H and O–H groups in total. The van der Waals surface area contributed by atoms with Gasteiger partial charge in [-0.2, -0.15) is 0 Å². The molecule has 0 bridgehead atoms. The lowest BCUT2D eigenvalue weighted by Gasteiger charge is -2.22. The standard InChI is InChI=1S/C14H19N5O/c1-10-12(5-2-6-13(10)15)14-16-17-18-19(14)8-11-4-3-7-20-9-11/h2,5-6,11H,3-4,7-9,15H2,1H3. The van der Waals surface area contributed by atoms with Crippen LogP contribution in [0.3, 0.4) is 0 Å². The smallest absolute Gasteiger partial charge is 0.182 e. The van der Waals surface area contributed by atoms with Crippen molar-refractivity contribution >= 4 is 5.69 Å². The molecule has 0 aliphatic carbocycles. The van der Waals surface area contributed by atoms with Gasteiger partial charge in [0.1, 0.15) is 0 Å². The summed E-state index contributed by atoms with van der Waals surface area (Å²) < 4.78 is 7.38. The molecule has 20 heavy (non-hydrogen) atoms. The fourth-order valence-electron chi connectivity index (χ4n) is 2.61. The minimum Gasteiger partial charge on any atom is -0.398 e. The summed E-state index contributed by atoms with van der Waals surface area (Å²) in [6, 6.07) is 5.83. The zero-order valence-corrected chi connectivity index (χ0v) is 11.6. The number of nitrogen functional groups attached to an aromatic ring is 1. The van der Waals surface area contributed by atoms with Crippen LogP contribution in [0.5, 0.6) is 0 Å². The van der Waals surface area contributed by atoms with Crippen LogP contribution in [0.15, 0.2) is 18.2 Å². The van der Waals surface area contributed by atoms with Crippen LogP contribution in [0.25, 0.3) is 11.4 Å². The van der Waals surface area contributed by atoms with Crippen LogP contribution in [-0.4, -0.2) is 33.4 Å². The number of nitrogens with two attached hydrogens (primary N) is 1. The molecule has 1 atom stereocenters. The molecule has 1 saturated heterocycles. The van der Waals surface area contributed by atoms with Crippen molar-refractivity contribution in [2.45, 2.75) is 26.3 Å². The number of tetrazole rings is 1. The summed E-state index contributed by atoms with van der Waals surface area (Å²) >= 11 is 0. The van der Waals surface area contributed by atoms with Crippen molar-refractivity contribution < 1.29 is 4.74 Å². The molecule has 2 heterocycles. The molecule has 1 aliphatic rings. The van der Waals surface area contributed by atoms with Crippen molar-refractivity contribution in [1.82, 2.24) is 20.2 Å². The summed E-state index contributed by atoms with van der Waals surface area (Å²) in [5, 5.41) is 12.1. The normalized spacial score (nSPS) is 19.1. The Kier molecular flexibility index (Phi) is 3.64. The fourth-order valence-corrected chi connectivity index (χ4v) is 2.61. The minimum absolute atomic E-state index is 0.479. The van der Waals surface area contributed by atoms with Crippen LogP contribution in [0.4, 0.5) is 5.69 Å². The second kappa shape index (κ2) is 5.58. The van der Waals surface area contributed by atoms with E-state index in [9.17, 15) is 0 Å². The maximum atomic E-state index is 5.96. The third kappa shape index (κ3) is 2.51. The van der Waals surface area contributed by atoms with Gasteiger partial charge in [0.25, 0.3) is 0 Å². The van der Waals surface area contributed by atoms with Crippen molar-refractivity contribution in [3.8, 4) is 11.4 Å². The van der Waals surface area contributed by atoms with Gasteiger partial charge in [-0.3, -0.25) is 0 Å². The Labute approximate surface area is 117 Å². The van der Waals surface area contributed by atoms with E-state index in [1.54, 1.807) is 0 Å². The first-order valence-electron chi connectivity index (χ1n) is 6.95. The predicted octanol–water partition coefficient (Wildman–Crippen LogP) is 1.66. The molecule has 0 radical (unpaired) electrons. The molecule has 3 rings (SSSR count). The Balaban J connectivity index is 1.87. The number of nitrogens with zero attached hydrogens (tertiary/aromatic N) is 4. The third-order valence-corrected chi connectivity index (χ3v) is 3.83. The highest BCUT2D eigenvalue weighted by Gasteiger charge is 2.19. The van der Waals surface area contributed by atoms with Gasteiger partial charge in [0.05, 0.1) is 13.2 Å². The second-order valence-corrected chi connectivity index (χ2v) is 5.29. The molecule has 1 aromatic carbocycles.